The smallest absolute Gasteiger partial charge is 0.153 e. The minimum atomic E-state index is 0.417. The summed E-state index contributed by atoms with van der Waals surface area (Å²) in [6.07, 6.45) is 0.776. The molecule has 0 fully saturated rings. The van der Waals surface area contributed by atoms with Gasteiger partial charge in [0.25, 0.3) is 0 Å². The van der Waals surface area contributed by atoms with Crippen molar-refractivity contribution in [2.24, 2.45) is 0 Å². The van der Waals surface area contributed by atoms with E-state index in [2.05, 4.69) is 0 Å². The molecule has 0 aromatic heterocycles. The molecule has 0 bridgehead atoms. The largest absolute Gasteiger partial charge is 0.488 e. The fourth-order valence-corrected chi connectivity index (χ4v) is 2.17. The SMILES string of the molecule is O=Cc1cc(Oc2ccccc2)ccc1OCc1ccccc1. The molecule has 0 aliphatic heterocycles. The highest BCUT2D eigenvalue weighted by Crippen LogP contribution is 2.27. The van der Waals surface area contributed by atoms with E-state index in [0.29, 0.717) is 23.7 Å². The van der Waals surface area contributed by atoms with Crippen LogP contribution in [-0.4, -0.2) is 6.29 Å². The predicted octanol–water partition coefficient (Wildman–Crippen LogP) is 4.87. The molecule has 0 atom stereocenters. The molecule has 3 aromatic rings. The fraction of sp³-hybridized carbons (Fsp3) is 0.0500. The number of para-hydroxylation sites is 1. The van der Waals surface area contributed by atoms with Crippen LogP contribution in [0.1, 0.15) is 15.9 Å². The molecule has 0 radical (unpaired) electrons. The second-order valence-electron chi connectivity index (χ2n) is 5.01. The molecule has 0 spiro atoms. The summed E-state index contributed by atoms with van der Waals surface area (Å²) in [6.45, 7) is 0.417. The summed E-state index contributed by atoms with van der Waals surface area (Å²) in [4.78, 5) is 11.3. The van der Waals surface area contributed by atoms with Gasteiger partial charge in [-0.15, -0.1) is 0 Å². The molecule has 0 N–H and O–H groups in total. The van der Waals surface area contributed by atoms with Gasteiger partial charge in [-0.25, -0.2) is 0 Å². The van der Waals surface area contributed by atoms with Crippen LogP contribution in [0, 0.1) is 0 Å². The lowest BCUT2D eigenvalue weighted by Crippen LogP contribution is -1.98. The Hall–Kier alpha value is -3.07. The van der Waals surface area contributed by atoms with Crippen molar-refractivity contribution in [3.8, 4) is 17.2 Å². The number of benzene rings is 3. The lowest BCUT2D eigenvalue weighted by atomic mass is 10.2. The molecular weight excluding hydrogens is 288 g/mol. The van der Waals surface area contributed by atoms with Crippen molar-refractivity contribution in [1.29, 1.82) is 0 Å². The van der Waals surface area contributed by atoms with Crippen LogP contribution in [0.5, 0.6) is 17.2 Å². The first-order valence-corrected chi connectivity index (χ1v) is 7.34. The zero-order valence-corrected chi connectivity index (χ0v) is 12.5. The first-order chi connectivity index (χ1) is 11.3. The van der Waals surface area contributed by atoms with Gasteiger partial charge < -0.3 is 9.47 Å². The Morgan fingerprint density at radius 2 is 1.48 bits per heavy atom. The maximum Gasteiger partial charge on any atom is 0.153 e. The van der Waals surface area contributed by atoms with Crippen molar-refractivity contribution in [3.63, 3.8) is 0 Å². The molecule has 0 aliphatic rings. The highest BCUT2D eigenvalue weighted by atomic mass is 16.5. The van der Waals surface area contributed by atoms with Gasteiger partial charge in [-0.1, -0.05) is 48.5 Å². The third-order valence-electron chi connectivity index (χ3n) is 3.32. The molecular formula is C20H16O3. The molecule has 0 heterocycles. The predicted molar refractivity (Wildman–Crippen MR) is 89.1 cm³/mol. The Balaban J connectivity index is 1.73. The van der Waals surface area contributed by atoms with Crippen molar-refractivity contribution in [2.75, 3.05) is 0 Å². The average Bonchev–Trinajstić information content (AvgIpc) is 2.62. The molecule has 0 aliphatic carbocycles. The molecule has 3 rings (SSSR count). The van der Waals surface area contributed by atoms with E-state index in [1.807, 2.05) is 60.7 Å². The van der Waals surface area contributed by atoms with E-state index in [1.165, 1.54) is 0 Å². The summed E-state index contributed by atoms with van der Waals surface area (Å²) in [5, 5.41) is 0. The summed E-state index contributed by atoms with van der Waals surface area (Å²) >= 11 is 0. The number of ether oxygens (including phenoxy) is 2. The Kier molecular flexibility index (Phi) is 4.69. The maximum atomic E-state index is 11.3. The number of carbonyl (C=O) groups excluding carboxylic acids is 1. The van der Waals surface area contributed by atoms with E-state index in [4.69, 9.17) is 9.47 Å². The average molecular weight is 304 g/mol. The summed E-state index contributed by atoms with van der Waals surface area (Å²) < 4.78 is 11.5. The quantitative estimate of drug-likeness (QED) is 0.609. The lowest BCUT2D eigenvalue weighted by molar-refractivity contribution is 0.111. The summed E-state index contributed by atoms with van der Waals surface area (Å²) in [6, 6.07) is 24.5. The normalized spacial score (nSPS) is 10.1. The molecule has 0 amide bonds. The zero-order chi connectivity index (χ0) is 15.9. The third kappa shape index (κ3) is 3.98. The number of aldehydes is 1. The lowest BCUT2D eigenvalue weighted by Gasteiger charge is -2.11. The van der Waals surface area contributed by atoms with Crippen LogP contribution in [-0.2, 0) is 6.61 Å². The molecule has 114 valence electrons. The maximum absolute atomic E-state index is 11.3. The highest BCUT2D eigenvalue weighted by molar-refractivity contribution is 5.80. The van der Waals surface area contributed by atoms with Crippen LogP contribution < -0.4 is 9.47 Å². The standard InChI is InChI=1S/C20H16O3/c21-14-17-13-19(23-18-9-5-2-6-10-18)11-12-20(17)22-15-16-7-3-1-4-8-16/h1-14H,15H2. The van der Waals surface area contributed by atoms with Crippen LogP contribution >= 0.6 is 0 Å². The molecule has 0 saturated heterocycles. The Labute approximate surface area is 135 Å². The van der Waals surface area contributed by atoms with Crippen molar-refractivity contribution >= 4 is 6.29 Å². The van der Waals surface area contributed by atoms with Crippen LogP contribution in [0.3, 0.4) is 0 Å². The summed E-state index contributed by atoms with van der Waals surface area (Å²) in [5.74, 6) is 1.87. The Morgan fingerprint density at radius 1 is 0.783 bits per heavy atom. The van der Waals surface area contributed by atoms with E-state index in [-0.39, 0.29) is 0 Å². The molecule has 0 unspecified atom stereocenters. The molecule has 23 heavy (non-hydrogen) atoms. The number of rotatable bonds is 6. The molecule has 3 nitrogen and oxygen atoms in total. The number of hydrogen-bond acceptors (Lipinski definition) is 3. The second kappa shape index (κ2) is 7.27. The second-order valence-corrected chi connectivity index (χ2v) is 5.01. The van der Waals surface area contributed by atoms with Crippen molar-refractivity contribution in [1.82, 2.24) is 0 Å². The van der Waals surface area contributed by atoms with Gasteiger partial charge in [-0.3, -0.25) is 4.79 Å². The molecule has 0 saturated carbocycles. The van der Waals surface area contributed by atoms with Crippen LogP contribution in [0.25, 0.3) is 0 Å². The minimum absolute atomic E-state index is 0.417. The van der Waals surface area contributed by atoms with Crippen LogP contribution in [0.2, 0.25) is 0 Å². The van der Waals surface area contributed by atoms with Gasteiger partial charge in [0.2, 0.25) is 0 Å². The first kappa shape index (κ1) is 14.9. The van der Waals surface area contributed by atoms with Crippen LogP contribution in [0.15, 0.2) is 78.9 Å². The van der Waals surface area contributed by atoms with Crippen LogP contribution in [0.4, 0.5) is 0 Å². The van der Waals surface area contributed by atoms with E-state index < -0.39 is 0 Å². The van der Waals surface area contributed by atoms with E-state index in [9.17, 15) is 4.79 Å². The summed E-state index contributed by atoms with van der Waals surface area (Å²) in [5.41, 5.74) is 1.52. The van der Waals surface area contributed by atoms with Crippen molar-refractivity contribution in [2.45, 2.75) is 6.61 Å². The topological polar surface area (TPSA) is 35.5 Å². The van der Waals surface area contributed by atoms with Gasteiger partial charge in [0.15, 0.2) is 6.29 Å². The number of carbonyl (C=O) groups is 1. The minimum Gasteiger partial charge on any atom is -0.488 e. The zero-order valence-electron chi connectivity index (χ0n) is 12.5. The Bertz CT molecular complexity index is 767. The van der Waals surface area contributed by atoms with Gasteiger partial charge in [0, 0.05) is 0 Å². The fourth-order valence-electron chi connectivity index (χ4n) is 2.17. The van der Waals surface area contributed by atoms with E-state index >= 15 is 0 Å². The highest BCUT2D eigenvalue weighted by Gasteiger charge is 2.06. The van der Waals surface area contributed by atoms with E-state index in [0.717, 1.165) is 17.6 Å². The van der Waals surface area contributed by atoms with Crippen molar-refractivity contribution < 1.29 is 14.3 Å². The van der Waals surface area contributed by atoms with E-state index in [1.54, 1.807) is 18.2 Å². The molecule has 3 heteroatoms. The van der Waals surface area contributed by atoms with Gasteiger partial charge in [-0.05, 0) is 35.9 Å². The number of hydrogen-bond donors (Lipinski definition) is 0. The monoisotopic (exact) mass is 304 g/mol. The third-order valence-corrected chi connectivity index (χ3v) is 3.32. The van der Waals surface area contributed by atoms with Crippen molar-refractivity contribution in [3.05, 3.63) is 90.0 Å². The van der Waals surface area contributed by atoms with Gasteiger partial charge in [-0.2, -0.15) is 0 Å². The van der Waals surface area contributed by atoms with Gasteiger partial charge in [0.1, 0.15) is 23.9 Å². The van der Waals surface area contributed by atoms with Gasteiger partial charge in [0.05, 0.1) is 5.56 Å². The summed E-state index contributed by atoms with van der Waals surface area (Å²) in [7, 11) is 0. The molecule has 3 aromatic carbocycles. The Morgan fingerprint density at radius 3 is 2.17 bits per heavy atom. The van der Waals surface area contributed by atoms with Gasteiger partial charge >= 0.3 is 0 Å². The first-order valence-electron chi connectivity index (χ1n) is 7.34.